The number of Topliss-reactive ketones (excluding diaryl/α,β-unsaturated/α-hetero) is 2. The highest BCUT2D eigenvalue weighted by atomic mass is 32.1. The maximum absolute atomic E-state index is 12.6. The fourth-order valence-corrected chi connectivity index (χ4v) is 4.98. The molecule has 5 nitrogen and oxygen atoms in total. The van der Waals surface area contributed by atoms with Crippen molar-refractivity contribution in [1.29, 1.82) is 0 Å². The summed E-state index contributed by atoms with van der Waals surface area (Å²) in [5.74, 6) is -0.978. The molecule has 2 atom stereocenters. The Kier molecular flexibility index (Phi) is 3.28. The summed E-state index contributed by atoms with van der Waals surface area (Å²) in [6.45, 7) is 1.80. The molecule has 24 heavy (non-hydrogen) atoms. The summed E-state index contributed by atoms with van der Waals surface area (Å²) in [5, 5.41) is 10.7. The number of carbonyl (C=O) groups excluding carboxylic acids is 2. The van der Waals surface area contributed by atoms with Gasteiger partial charge in [-0.3, -0.25) is 14.4 Å². The Morgan fingerprint density at radius 3 is 2.42 bits per heavy atom. The van der Waals surface area contributed by atoms with Gasteiger partial charge in [-0.05, 0) is 43.9 Å². The van der Waals surface area contributed by atoms with Gasteiger partial charge in [0.15, 0.2) is 11.6 Å². The van der Waals surface area contributed by atoms with Crippen molar-refractivity contribution in [2.24, 2.45) is 18.9 Å². The number of carbonyl (C=O) groups is 2. The van der Waals surface area contributed by atoms with Crippen LogP contribution in [0.4, 0.5) is 0 Å². The summed E-state index contributed by atoms with van der Waals surface area (Å²) in [6.07, 6.45) is 2.07. The highest BCUT2D eigenvalue weighted by Crippen LogP contribution is 2.42. The van der Waals surface area contributed by atoms with Gasteiger partial charge in [0.2, 0.25) is 0 Å². The number of aliphatic hydroxyl groups excluding tert-OH is 1. The number of rotatable bonds is 1. The predicted octanol–water partition coefficient (Wildman–Crippen LogP) is 2.75. The zero-order valence-corrected chi connectivity index (χ0v) is 14.3. The van der Waals surface area contributed by atoms with Crippen LogP contribution in [0.1, 0.15) is 30.4 Å². The number of ketones is 2. The van der Waals surface area contributed by atoms with E-state index in [4.69, 9.17) is 0 Å². The maximum Gasteiger partial charge on any atom is 0.307 e. The Bertz CT molecular complexity index is 970. The molecule has 2 aromatic rings. The second kappa shape index (κ2) is 5.14. The molecule has 2 bridgehead atoms. The van der Waals surface area contributed by atoms with E-state index in [1.807, 2.05) is 0 Å². The summed E-state index contributed by atoms with van der Waals surface area (Å²) < 4.78 is 2.35. The van der Waals surface area contributed by atoms with Crippen molar-refractivity contribution in [3.05, 3.63) is 38.5 Å². The molecule has 6 heteroatoms. The number of aryl methyl sites for hydroxylation is 2. The molecule has 0 amide bonds. The Balaban J connectivity index is 1.95. The number of aromatic nitrogens is 1. The lowest BCUT2D eigenvalue weighted by Crippen LogP contribution is -2.30. The summed E-state index contributed by atoms with van der Waals surface area (Å²) >= 11 is 1.14. The van der Waals surface area contributed by atoms with Crippen LogP contribution in [0.25, 0.3) is 16.0 Å². The Morgan fingerprint density at radius 1 is 1.17 bits per heavy atom. The topological polar surface area (TPSA) is 76.4 Å². The van der Waals surface area contributed by atoms with Crippen LogP contribution in [0, 0.1) is 18.8 Å². The van der Waals surface area contributed by atoms with Crippen LogP contribution >= 0.6 is 11.3 Å². The number of hydrogen-bond acceptors (Lipinski definition) is 5. The second-order valence-corrected chi connectivity index (χ2v) is 7.66. The molecule has 1 N–H and O–H groups in total. The van der Waals surface area contributed by atoms with Gasteiger partial charge in [0.25, 0.3) is 0 Å². The van der Waals surface area contributed by atoms with E-state index >= 15 is 0 Å². The van der Waals surface area contributed by atoms with Crippen LogP contribution in [-0.4, -0.2) is 21.2 Å². The van der Waals surface area contributed by atoms with Crippen LogP contribution in [0.3, 0.4) is 0 Å². The third-order valence-electron chi connectivity index (χ3n) is 5.36. The first kappa shape index (κ1) is 15.3. The van der Waals surface area contributed by atoms with E-state index in [2.05, 4.69) is 0 Å². The Hall–Kier alpha value is -2.21. The van der Waals surface area contributed by atoms with Crippen molar-refractivity contribution in [2.75, 3.05) is 0 Å². The normalized spacial score (nSPS) is 23.3. The molecular formula is C18H17NO4S. The molecule has 0 spiro atoms. The van der Waals surface area contributed by atoms with Crippen LogP contribution in [0.15, 0.2) is 22.5 Å². The summed E-state index contributed by atoms with van der Waals surface area (Å²) in [7, 11) is 1.68. The van der Waals surface area contributed by atoms with E-state index in [0.29, 0.717) is 17.5 Å². The monoisotopic (exact) mass is 343 g/mol. The average molecular weight is 343 g/mol. The molecule has 0 saturated heterocycles. The number of thiazole rings is 1. The summed E-state index contributed by atoms with van der Waals surface area (Å²) in [4.78, 5) is 36.9. The molecule has 2 saturated carbocycles. The van der Waals surface area contributed by atoms with Crippen molar-refractivity contribution >= 4 is 38.9 Å². The van der Waals surface area contributed by atoms with Gasteiger partial charge in [-0.15, -0.1) is 0 Å². The number of benzene rings is 1. The third kappa shape index (κ3) is 1.95. The molecule has 124 valence electrons. The van der Waals surface area contributed by atoms with E-state index in [9.17, 15) is 19.5 Å². The van der Waals surface area contributed by atoms with Gasteiger partial charge in [0.1, 0.15) is 11.3 Å². The minimum absolute atomic E-state index is 0.0450. The van der Waals surface area contributed by atoms with Gasteiger partial charge < -0.3 is 9.67 Å². The van der Waals surface area contributed by atoms with Crippen molar-refractivity contribution in [3.8, 4) is 0 Å². The van der Waals surface area contributed by atoms with Crippen LogP contribution in [0.2, 0.25) is 0 Å². The van der Waals surface area contributed by atoms with Crippen molar-refractivity contribution in [2.45, 2.75) is 26.2 Å². The zero-order valence-electron chi connectivity index (χ0n) is 13.5. The van der Waals surface area contributed by atoms with Crippen LogP contribution in [-0.2, 0) is 16.6 Å². The van der Waals surface area contributed by atoms with Gasteiger partial charge in [0, 0.05) is 24.4 Å². The fraction of sp³-hybridized carbons (Fsp3) is 0.389. The molecule has 1 heterocycles. The maximum atomic E-state index is 12.6. The number of hydrogen-bond donors (Lipinski definition) is 1. The van der Waals surface area contributed by atoms with Crippen LogP contribution < -0.4 is 4.87 Å². The zero-order chi connectivity index (χ0) is 17.2. The first-order valence-corrected chi connectivity index (χ1v) is 8.83. The summed E-state index contributed by atoms with van der Waals surface area (Å²) in [5.41, 5.74) is 1.84. The minimum Gasteiger partial charge on any atom is -0.506 e. The first-order valence-electron chi connectivity index (χ1n) is 8.01. The number of aliphatic hydroxyl groups is 1. The lowest BCUT2D eigenvalue weighted by Gasteiger charge is -2.21. The van der Waals surface area contributed by atoms with Gasteiger partial charge in [-0.2, -0.15) is 0 Å². The van der Waals surface area contributed by atoms with Crippen molar-refractivity contribution in [3.63, 3.8) is 0 Å². The van der Waals surface area contributed by atoms with Gasteiger partial charge in [-0.1, -0.05) is 11.3 Å². The first-order chi connectivity index (χ1) is 11.4. The van der Waals surface area contributed by atoms with E-state index in [1.54, 1.807) is 26.1 Å². The molecule has 2 fully saturated rings. The van der Waals surface area contributed by atoms with E-state index < -0.39 is 0 Å². The molecule has 2 unspecified atom stereocenters. The third-order valence-corrected chi connectivity index (χ3v) is 6.36. The highest BCUT2D eigenvalue weighted by Gasteiger charge is 2.45. The van der Waals surface area contributed by atoms with Crippen molar-refractivity contribution in [1.82, 2.24) is 4.57 Å². The lowest BCUT2D eigenvalue weighted by molar-refractivity contribution is -0.127. The highest BCUT2D eigenvalue weighted by molar-refractivity contribution is 7.16. The van der Waals surface area contributed by atoms with E-state index in [0.717, 1.165) is 34.4 Å². The molecular weight excluding hydrogens is 326 g/mol. The largest absolute Gasteiger partial charge is 0.506 e. The number of allylic oxidation sites excluding steroid dienone is 1. The standard InChI is InChI=1S/C18H17NO4S/c1-8-11(5-6-12-14(8)19(2)18(23)24-12)17(22)13-15(20)9-3-4-10(7-9)16(13)21/h5-6,9-10,22H,3-4,7H2,1-2H3. The van der Waals surface area contributed by atoms with E-state index in [1.165, 1.54) is 4.57 Å². The number of nitrogens with zero attached hydrogens (tertiary/aromatic N) is 1. The van der Waals surface area contributed by atoms with Gasteiger partial charge in [0.05, 0.1) is 10.2 Å². The molecule has 0 aliphatic heterocycles. The smallest absolute Gasteiger partial charge is 0.307 e. The predicted molar refractivity (Wildman–Crippen MR) is 92.2 cm³/mol. The Morgan fingerprint density at radius 2 is 1.79 bits per heavy atom. The summed E-state index contributed by atoms with van der Waals surface area (Å²) in [6, 6.07) is 3.44. The SMILES string of the molecule is Cc1c(C(O)=C2C(=O)C3CCC(C3)C2=O)ccc2sc(=O)n(C)c12. The quantitative estimate of drug-likeness (QED) is 0.491. The molecule has 2 aliphatic rings. The lowest BCUT2D eigenvalue weighted by atomic mass is 9.81. The molecule has 1 aromatic carbocycles. The van der Waals surface area contributed by atoms with E-state index in [-0.39, 0.29) is 39.6 Å². The molecule has 4 rings (SSSR count). The van der Waals surface area contributed by atoms with Crippen molar-refractivity contribution < 1.29 is 14.7 Å². The van der Waals surface area contributed by atoms with Crippen LogP contribution in [0.5, 0.6) is 0 Å². The Labute approximate surface area is 142 Å². The van der Waals surface area contributed by atoms with Gasteiger partial charge in [-0.25, -0.2) is 0 Å². The fourth-order valence-electron chi connectivity index (χ4n) is 4.04. The second-order valence-electron chi connectivity index (χ2n) is 6.67. The molecule has 2 aliphatic carbocycles. The number of fused-ring (bicyclic) bond motifs is 3. The minimum atomic E-state index is -0.236. The van der Waals surface area contributed by atoms with Gasteiger partial charge >= 0.3 is 4.87 Å². The average Bonchev–Trinajstić information content (AvgIpc) is 3.10. The molecule has 1 aromatic heterocycles. The molecule has 0 radical (unpaired) electrons.